The molecule has 0 aliphatic rings. The Labute approximate surface area is 184 Å². The van der Waals surface area contributed by atoms with Crippen LogP contribution in [-0.4, -0.2) is 49.3 Å². The highest BCUT2D eigenvalue weighted by atomic mass is 16.2. The van der Waals surface area contributed by atoms with Gasteiger partial charge in [-0.3, -0.25) is 14.4 Å². The van der Waals surface area contributed by atoms with Crippen LogP contribution in [0.15, 0.2) is 12.2 Å². The first-order chi connectivity index (χ1) is 14.2. The number of amides is 3. The minimum Gasteiger partial charge on any atom is -0.359 e. The van der Waals surface area contributed by atoms with Gasteiger partial charge in [-0.2, -0.15) is 5.26 Å². The summed E-state index contributed by atoms with van der Waals surface area (Å²) in [6, 6.07) is 1.36. The van der Waals surface area contributed by atoms with Crippen LogP contribution < -0.4 is 10.6 Å². The van der Waals surface area contributed by atoms with Gasteiger partial charge in [0.2, 0.25) is 18.2 Å². The molecule has 0 saturated heterocycles. The summed E-state index contributed by atoms with van der Waals surface area (Å²) in [4.78, 5) is 35.3. The predicted octanol–water partition coefficient (Wildman–Crippen LogP) is 3.66. The quantitative estimate of drug-likeness (QED) is 0.216. The van der Waals surface area contributed by atoms with E-state index in [9.17, 15) is 14.4 Å². The maximum atomic E-state index is 12.1. The van der Waals surface area contributed by atoms with Crippen LogP contribution in [0.25, 0.3) is 0 Å². The van der Waals surface area contributed by atoms with Crippen LogP contribution in [0.4, 0.5) is 0 Å². The monoisotopic (exact) mass is 424 g/mol. The Morgan fingerprint density at radius 1 is 1.13 bits per heavy atom. The lowest BCUT2D eigenvalue weighted by Gasteiger charge is -2.28. The molecule has 2 N–H and O–H groups in total. The summed E-state index contributed by atoms with van der Waals surface area (Å²) < 4.78 is 0. The highest BCUT2D eigenvalue weighted by Crippen LogP contribution is 2.12. The molecule has 0 aliphatic carbocycles. The van der Waals surface area contributed by atoms with E-state index in [1.54, 1.807) is 7.05 Å². The molecule has 0 aliphatic heterocycles. The van der Waals surface area contributed by atoms with Gasteiger partial charge >= 0.3 is 0 Å². The summed E-state index contributed by atoms with van der Waals surface area (Å²) in [5.41, 5.74) is 0. The van der Waals surface area contributed by atoms with Gasteiger partial charge < -0.3 is 15.5 Å². The second kappa shape index (κ2) is 22.9. The molecule has 0 saturated carbocycles. The van der Waals surface area contributed by atoms with Crippen LogP contribution >= 0.6 is 0 Å². The highest BCUT2D eigenvalue weighted by molar-refractivity contribution is 5.87. The van der Waals surface area contributed by atoms with Crippen LogP contribution in [0, 0.1) is 23.2 Å². The second-order valence-corrected chi connectivity index (χ2v) is 7.39. The molecule has 1 unspecified atom stereocenters. The van der Waals surface area contributed by atoms with Gasteiger partial charge in [-0.1, -0.05) is 53.7 Å². The van der Waals surface area contributed by atoms with Crippen LogP contribution in [0.1, 0.15) is 74.1 Å². The van der Waals surface area contributed by atoms with Gasteiger partial charge in [0.15, 0.2) is 0 Å². The van der Waals surface area contributed by atoms with Gasteiger partial charge in [0.1, 0.15) is 12.6 Å². The van der Waals surface area contributed by atoms with Crippen molar-refractivity contribution in [1.82, 2.24) is 15.5 Å². The van der Waals surface area contributed by atoms with Crippen molar-refractivity contribution in [3.63, 3.8) is 0 Å². The Kier molecular flexibility index (Phi) is 24.7. The number of carbonyl (C=O) groups is 3. The van der Waals surface area contributed by atoms with Gasteiger partial charge in [0.25, 0.3) is 0 Å². The summed E-state index contributed by atoms with van der Waals surface area (Å²) in [7, 11) is 1.65. The third-order valence-corrected chi connectivity index (χ3v) is 3.91. The van der Waals surface area contributed by atoms with Crippen molar-refractivity contribution in [3.05, 3.63) is 12.2 Å². The lowest BCUT2D eigenvalue weighted by Crippen LogP contribution is -2.48. The van der Waals surface area contributed by atoms with Crippen molar-refractivity contribution in [2.75, 3.05) is 20.1 Å². The smallest absolute Gasteiger partial charge is 0.243 e. The molecule has 0 aromatic carbocycles. The molecule has 0 spiro atoms. The fraction of sp³-hybridized carbons (Fsp3) is 0.739. The molecule has 0 heterocycles. The predicted molar refractivity (Wildman–Crippen MR) is 124 cm³/mol. The summed E-state index contributed by atoms with van der Waals surface area (Å²) in [6.07, 6.45) is 7.29. The van der Waals surface area contributed by atoms with Crippen molar-refractivity contribution >= 4 is 18.2 Å². The van der Waals surface area contributed by atoms with E-state index in [2.05, 4.69) is 24.5 Å². The van der Waals surface area contributed by atoms with E-state index in [1.165, 1.54) is 4.90 Å². The molecule has 0 radical (unpaired) electrons. The van der Waals surface area contributed by atoms with Gasteiger partial charge in [-0.25, -0.2) is 0 Å². The van der Waals surface area contributed by atoms with Crippen molar-refractivity contribution < 1.29 is 14.4 Å². The lowest BCUT2D eigenvalue weighted by atomic mass is 10.0. The van der Waals surface area contributed by atoms with E-state index in [-0.39, 0.29) is 18.4 Å². The molecule has 7 nitrogen and oxygen atoms in total. The topological polar surface area (TPSA) is 102 Å². The Morgan fingerprint density at radius 2 is 1.73 bits per heavy atom. The maximum absolute atomic E-state index is 12.1. The molecule has 0 rings (SSSR count). The van der Waals surface area contributed by atoms with Gasteiger partial charge in [0.05, 0.1) is 6.07 Å². The molecule has 0 fully saturated rings. The average Bonchev–Trinajstić information content (AvgIpc) is 2.71. The lowest BCUT2D eigenvalue weighted by molar-refractivity contribution is -0.139. The zero-order valence-corrected chi connectivity index (χ0v) is 20.3. The molecule has 0 bridgehead atoms. The Morgan fingerprint density at radius 3 is 2.17 bits per heavy atom. The third kappa shape index (κ3) is 20.4. The first-order valence-electron chi connectivity index (χ1n) is 10.9. The van der Waals surface area contributed by atoms with E-state index in [4.69, 9.17) is 5.26 Å². The number of rotatable bonds is 12. The first-order valence-corrected chi connectivity index (χ1v) is 10.9. The first kappa shape index (κ1) is 32.3. The minimum atomic E-state index is -0.513. The molecule has 1 atom stereocenters. The van der Waals surface area contributed by atoms with Crippen LogP contribution in [0.3, 0.4) is 0 Å². The van der Waals surface area contributed by atoms with Crippen molar-refractivity contribution in [3.8, 4) is 6.07 Å². The molecule has 0 aromatic heterocycles. The number of hydrogen-bond acceptors (Lipinski definition) is 4. The number of allylic oxidation sites excluding steroid dienone is 2. The van der Waals surface area contributed by atoms with Gasteiger partial charge in [0, 0.05) is 20.0 Å². The van der Waals surface area contributed by atoms with Gasteiger partial charge in [-0.05, 0) is 38.0 Å². The van der Waals surface area contributed by atoms with Gasteiger partial charge in [-0.15, -0.1) is 0 Å². The number of likely N-dealkylation sites (N-methyl/N-ethyl adjacent to an activating group) is 1. The zero-order chi connectivity index (χ0) is 23.9. The average molecular weight is 425 g/mol. The number of carbonyl (C=O) groups excluding carboxylic acids is 3. The van der Waals surface area contributed by atoms with E-state index in [0.717, 1.165) is 19.4 Å². The fourth-order valence-corrected chi connectivity index (χ4v) is 2.29. The van der Waals surface area contributed by atoms with Crippen molar-refractivity contribution in [2.24, 2.45) is 11.8 Å². The number of hydrogen-bond donors (Lipinski definition) is 2. The number of nitrogens with zero attached hydrogens (tertiary/aromatic N) is 2. The van der Waals surface area contributed by atoms with E-state index in [0.29, 0.717) is 31.1 Å². The van der Waals surface area contributed by atoms with E-state index in [1.807, 2.05) is 52.8 Å². The highest BCUT2D eigenvalue weighted by Gasteiger charge is 2.26. The summed E-state index contributed by atoms with van der Waals surface area (Å²) in [5, 5.41) is 13.6. The zero-order valence-electron chi connectivity index (χ0n) is 20.3. The third-order valence-electron chi connectivity index (χ3n) is 3.91. The molecule has 174 valence electrons. The SMILES string of the molecule is C/C=C/CCC(=O)N(C)C(CC(C)C)C(=O)NCC#N.CC.CC(C)CCNC=O. The van der Waals surface area contributed by atoms with E-state index >= 15 is 0 Å². The maximum Gasteiger partial charge on any atom is 0.243 e. The van der Waals surface area contributed by atoms with E-state index < -0.39 is 6.04 Å². The van der Waals surface area contributed by atoms with Crippen LogP contribution in [-0.2, 0) is 14.4 Å². The van der Waals surface area contributed by atoms with Crippen LogP contribution in [0.2, 0.25) is 0 Å². The largest absolute Gasteiger partial charge is 0.359 e. The Hall–Kier alpha value is -2.36. The minimum absolute atomic E-state index is 0.0337. The van der Waals surface area contributed by atoms with Crippen LogP contribution in [0.5, 0.6) is 0 Å². The molecule has 30 heavy (non-hydrogen) atoms. The van der Waals surface area contributed by atoms with Crippen molar-refractivity contribution in [1.29, 1.82) is 5.26 Å². The summed E-state index contributed by atoms with van der Waals surface area (Å²) in [5.74, 6) is 0.657. The molecule has 3 amide bonds. The number of nitrogens with one attached hydrogen (secondary N) is 2. The molecule has 7 heteroatoms. The normalized spacial score (nSPS) is 10.8. The summed E-state index contributed by atoms with van der Waals surface area (Å²) >= 11 is 0. The molecular weight excluding hydrogens is 380 g/mol. The second-order valence-electron chi connectivity index (χ2n) is 7.39. The van der Waals surface area contributed by atoms with Crippen molar-refractivity contribution in [2.45, 2.75) is 80.2 Å². The Balaban J connectivity index is -0.000000609. The standard InChI is InChI=1S/C15H25N3O2.C6H13NO.C2H6/c1-5-6-7-8-14(19)18(4)13(11-12(2)3)15(20)17-10-9-16;1-6(2)3-4-7-5-8;1-2/h5-6,12-13H,7-8,10-11H2,1-4H3,(H,17,20);5-6H,3-4H2,1-2H3,(H,7,8);1-2H3/b6-5+;;. The molecular formula is C23H44N4O3. The molecule has 0 aromatic rings. The fourth-order valence-electron chi connectivity index (χ4n) is 2.29. The summed E-state index contributed by atoms with van der Waals surface area (Å²) in [6.45, 7) is 14.9. The Bertz CT molecular complexity index is 511. The number of nitriles is 1.